The Bertz CT molecular complexity index is 644. The van der Waals surface area contributed by atoms with Crippen molar-refractivity contribution in [3.05, 3.63) is 29.0 Å². The molecule has 2 N–H and O–H groups in total. The molecule has 1 aliphatic carbocycles. The van der Waals surface area contributed by atoms with Gasteiger partial charge >= 0.3 is 0 Å². The van der Waals surface area contributed by atoms with Crippen LogP contribution in [-0.4, -0.2) is 19.7 Å². The monoisotopic (exact) mass is 285 g/mol. The minimum Gasteiger partial charge on any atom is -0.396 e. The van der Waals surface area contributed by atoms with E-state index in [1.807, 2.05) is 4.68 Å². The summed E-state index contributed by atoms with van der Waals surface area (Å²) in [6.07, 6.45) is 9.13. The van der Waals surface area contributed by atoms with Gasteiger partial charge in [0.15, 0.2) is 5.82 Å². The Balaban J connectivity index is 2.17. The molecule has 2 aromatic heterocycles. The lowest BCUT2D eigenvalue weighted by Crippen LogP contribution is -2.11. The number of hydrogen-bond donors (Lipinski definition) is 1. The highest BCUT2D eigenvalue weighted by atomic mass is 15.3. The average Bonchev–Trinajstić information content (AvgIpc) is 2.68. The topological polar surface area (TPSA) is 69.6 Å². The third-order valence-electron chi connectivity index (χ3n) is 4.32. The molecule has 3 rings (SSSR count). The first kappa shape index (κ1) is 14.0. The summed E-state index contributed by atoms with van der Waals surface area (Å²) in [5, 5.41) is 4.71. The molecule has 0 unspecified atom stereocenters. The minimum atomic E-state index is 0.820. The number of aryl methyl sites for hydroxylation is 2. The molecule has 21 heavy (non-hydrogen) atoms. The van der Waals surface area contributed by atoms with Crippen molar-refractivity contribution in [2.75, 3.05) is 5.73 Å². The fourth-order valence-corrected chi connectivity index (χ4v) is 3.16. The van der Waals surface area contributed by atoms with Gasteiger partial charge in [-0.05, 0) is 38.5 Å². The molecule has 0 saturated heterocycles. The van der Waals surface area contributed by atoms with E-state index < -0.39 is 0 Å². The summed E-state index contributed by atoms with van der Waals surface area (Å²) in [5.41, 5.74) is 11.5. The Morgan fingerprint density at radius 3 is 2.67 bits per heavy atom. The predicted octanol–water partition coefficient (Wildman–Crippen LogP) is 2.64. The Labute approximate surface area is 125 Å². The smallest absolute Gasteiger partial charge is 0.160 e. The largest absolute Gasteiger partial charge is 0.396 e. The molecule has 0 aliphatic heterocycles. The van der Waals surface area contributed by atoms with Crippen molar-refractivity contribution in [3.8, 4) is 5.82 Å². The zero-order chi connectivity index (χ0) is 14.8. The van der Waals surface area contributed by atoms with Crippen molar-refractivity contribution in [3.63, 3.8) is 0 Å². The highest BCUT2D eigenvalue weighted by molar-refractivity contribution is 5.52. The summed E-state index contributed by atoms with van der Waals surface area (Å²) in [6.45, 7) is 4.20. The lowest BCUT2D eigenvalue weighted by Gasteiger charge is -2.12. The van der Waals surface area contributed by atoms with Crippen LogP contribution >= 0.6 is 0 Å². The van der Waals surface area contributed by atoms with Gasteiger partial charge in [-0.15, -0.1) is 0 Å². The number of nitrogens with two attached hydrogens (primary N) is 1. The van der Waals surface area contributed by atoms with Gasteiger partial charge in [-0.3, -0.25) is 0 Å². The maximum absolute atomic E-state index is 6.24. The van der Waals surface area contributed by atoms with Crippen molar-refractivity contribution < 1.29 is 0 Å². The second-order valence-corrected chi connectivity index (χ2v) is 5.61. The summed E-state index contributed by atoms with van der Waals surface area (Å²) in [4.78, 5) is 9.02. The standard InChI is InChI=1S/C16H23N5/c1-3-12-15(17)14(4-2)21(20-12)16-11-8-6-5-7-9-13(11)18-10-19-16/h10H,3-9,17H2,1-2H3. The van der Waals surface area contributed by atoms with Gasteiger partial charge in [0.1, 0.15) is 6.33 Å². The maximum atomic E-state index is 6.24. The van der Waals surface area contributed by atoms with Gasteiger partial charge in [0.25, 0.3) is 0 Å². The first-order chi connectivity index (χ1) is 10.3. The third kappa shape index (κ3) is 2.41. The number of hydrogen-bond acceptors (Lipinski definition) is 4. The van der Waals surface area contributed by atoms with Gasteiger partial charge < -0.3 is 5.73 Å². The van der Waals surface area contributed by atoms with Crippen molar-refractivity contribution in [1.82, 2.24) is 19.7 Å². The van der Waals surface area contributed by atoms with E-state index in [-0.39, 0.29) is 0 Å². The molecule has 0 aromatic carbocycles. The summed E-state index contributed by atoms with van der Waals surface area (Å²) in [7, 11) is 0. The van der Waals surface area contributed by atoms with E-state index in [0.29, 0.717) is 0 Å². The molecule has 0 bridgehead atoms. The van der Waals surface area contributed by atoms with Gasteiger partial charge in [0, 0.05) is 11.3 Å². The van der Waals surface area contributed by atoms with Crippen LogP contribution in [0.25, 0.3) is 5.82 Å². The van der Waals surface area contributed by atoms with Crippen molar-refractivity contribution >= 4 is 5.69 Å². The molecule has 0 spiro atoms. The van der Waals surface area contributed by atoms with E-state index in [0.717, 1.165) is 48.6 Å². The highest BCUT2D eigenvalue weighted by Crippen LogP contribution is 2.27. The van der Waals surface area contributed by atoms with Crippen LogP contribution in [0.15, 0.2) is 6.33 Å². The van der Waals surface area contributed by atoms with Crippen LogP contribution in [0.1, 0.15) is 55.8 Å². The average molecular weight is 285 g/mol. The Morgan fingerprint density at radius 1 is 1.10 bits per heavy atom. The normalized spacial score (nSPS) is 14.8. The van der Waals surface area contributed by atoms with E-state index >= 15 is 0 Å². The molecule has 0 radical (unpaired) electrons. The number of nitrogen functional groups attached to an aromatic ring is 1. The molecule has 2 heterocycles. The lowest BCUT2D eigenvalue weighted by atomic mass is 10.1. The van der Waals surface area contributed by atoms with Crippen LogP contribution in [-0.2, 0) is 25.7 Å². The van der Waals surface area contributed by atoms with Crippen molar-refractivity contribution in [2.45, 2.75) is 58.8 Å². The molecule has 112 valence electrons. The van der Waals surface area contributed by atoms with Gasteiger partial charge in [0.05, 0.1) is 17.1 Å². The first-order valence-corrected chi connectivity index (χ1v) is 7.95. The fraction of sp³-hybridized carbons (Fsp3) is 0.562. The van der Waals surface area contributed by atoms with Crippen LogP contribution in [0.5, 0.6) is 0 Å². The quantitative estimate of drug-likeness (QED) is 0.880. The summed E-state index contributed by atoms with van der Waals surface area (Å²) >= 11 is 0. The van der Waals surface area contributed by atoms with Gasteiger partial charge in [-0.25, -0.2) is 14.6 Å². The number of rotatable bonds is 3. The molecular weight excluding hydrogens is 262 g/mol. The minimum absolute atomic E-state index is 0.820. The molecule has 0 amide bonds. The Kier molecular flexibility index (Phi) is 3.90. The van der Waals surface area contributed by atoms with Gasteiger partial charge in [-0.2, -0.15) is 5.10 Å². The molecule has 0 saturated carbocycles. The van der Waals surface area contributed by atoms with Crippen LogP contribution in [0, 0.1) is 0 Å². The van der Waals surface area contributed by atoms with Crippen molar-refractivity contribution in [1.29, 1.82) is 0 Å². The summed E-state index contributed by atoms with van der Waals surface area (Å²) < 4.78 is 1.96. The highest BCUT2D eigenvalue weighted by Gasteiger charge is 2.20. The van der Waals surface area contributed by atoms with Crippen LogP contribution < -0.4 is 5.73 Å². The molecular formula is C16H23N5. The van der Waals surface area contributed by atoms with E-state index in [1.165, 1.54) is 30.5 Å². The predicted molar refractivity (Wildman–Crippen MR) is 83.6 cm³/mol. The number of fused-ring (bicyclic) bond motifs is 1. The van der Waals surface area contributed by atoms with E-state index in [2.05, 4.69) is 23.8 Å². The molecule has 5 nitrogen and oxygen atoms in total. The fourth-order valence-electron chi connectivity index (χ4n) is 3.16. The first-order valence-electron chi connectivity index (χ1n) is 7.95. The van der Waals surface area contributed by atoms with Crippen LogP contribution in [0.2, 0.25) is 0 Å². The second kappa shape index (κ2) is 5.84. The van der Waals surface area contributed by atoms with E-state index in [4.69, 9.17) is 10.8 Å². The van der Waals surface area contributed by atoms with Crippen molar-refractivity contribution in [2.24, 2.45) is 0 Å². The molecule has 0 fully saturated rings. The van der Waals surface area contributed by atoms with Crippen LogP contribution in [0.4, 0.5) is 5.69 Å². The van der Waals surface area contributed by atoms with Gasteiger partial charge in [0.2, 0.25) is 0 Å². The Morgan fingerprint density at radius 2 is 1.90 bits per heavy atom. The zero-order valence-corrected chi connectivity index (χ0v) is 12.9. The van der Waals surface area contributed by atoms with E-state index in [9.17, 15) is 0 Å². The zero-order valence-electron chi connectivity index (χ0n) is 12.9. The molecule has 1 aliphatic rings. The maximum Gasteiger partial charge on any atom is 0.160 e. The van der Waals surface area contributed by atoms with Gasteiger partial charge in [-0.1, -0.05) is 20.3 Å². The van der Waals surface area contributed by atoms with E-state index in [1.54, 1.807) is 6.33 Å². The molecule has 5 heteroatoms. The number of aromatic nitrogens is 4. The third-order valence-corrected chi connectivity index (χ3v) is 4.32. The number of nitrogens with zero attached hydrogens (tertiary/aromatic N) is 4. The second-order valence-electron chi connectivity index (χ2n) is 5.61. The van der Waals surface area contributed by atoms with Crippen LogP contribution in [0.3, 0.4) is 0 Å². The molecule has 2 aromatic rings. The lowest BCUT2D eigenvalue weighted by molar-refractivity contribution is 0.705. The number of anilines is 1. The summed E-state index contributed by atoms with van der Waals surface area (Å²) in [6, 6.07) is 0. The Hall–Kier alpha value is -1.91. The SMILES string of the molecule is CCc1nn(-c2ncnc3c2CCCCC3)c(CC)c1N. The molecule has 0 atom stereocenters. The summed E-state index contributed by atoms with van der Waals surface area (Å²) in [5.74, 6) is 0.935.